The minimum absolute atomic E-state index is 0.353. The Morgan fingerprint density at radius 2 is 1.82 bits per heavy atom. The van der Waals surface area contributed by atoms with Crippen molar-refractivity contribution in [3.05, 3.63) is 66.4 Å². The van der Waals surface area contributed by atoms with E-state index in [1.165, 1.54) is 0 Å². The molecule has 0 spiro atoms. The quantitative estimate of drug-likeness (QED) is 0.786. The van der Waals surface area contributed by atoms with Crippen molar-refractivity contribution in [2.45, 2.75) is 12.6 Å². The molecule has 5 nitrogen and oxygen atoms in total. The summed E-state index contributed by atoms with van der Waals surface area (Å²) in [5, 5.41) is 18.5. The van der Waals surface area contributed by atoms with E-state index in [1.54, 1.807) is 11.8 Å². The highest BCUT2D eigenvalue weighted by molar-refractivity contribution is 5.57. The predicted molar refractivity (Wildman–Crippen MR) is 83.4 cm³/mol. The molecular weight excluding hydrogens is 278 g/mol. The molecule has 3 aromatic rings. The summed E-state index contributed by atoms with van der Waals surface area (Å²) < 4.78 is 6.76. The van der Waals surface area contributed by atoms with E-state index in [0.29, 0.717) is 6.54 Å². The zero-order valence-corrected chi connectivity index (χ0v) is 12.3. The Kier molecular flexibility index (Phi) is 4.16. The summed E-state index contributed by atoms with van der Waals surface area (Å²) in [6, 6.07) is 17.2. The molecule has 0 aliphatic carbocycles. The first-order chi connectivity index (χ1) is 10.8. The molecule has 1 aromatic heterocycles. The Hall–Kier alpha value is -2.66. The van der Waals surface area contributed by atoms with Crippen LogP contribution >= 0.6 is 0 Å². The Balaban J connectivity index is 1.71. The van der Waals surface area contributed by atoms with Crippen molar-refractivity contribution in [1.29, 1.82) is 0 Å². The molecule has 0 fully saturated rings. The molecule has 1 heterocycles. The SMILES string of the molecule is COc1ccc(C(O)Cn2cc(-c3ccccc3)nn2)cc1. The van der Waals surface area contributed by atoms with Crippen LogP contribution in [0.4, 0.5) is 0 Å². The average molecular weight is 295 g/mol. The molecule has 5 heteroatoms. The second-order valence-electron chi connectivity index (χ2n) is 4.98. The van der Waals surface area contributed by atoms with Gasteiger partial charge in [-0.2, -0.15) is 0 Å². The summed E-state index contributed by atoms with van der Waals surface area (Å²) >= 11 is 0. The second-order valence-corrected chi connectivity index (χ2v) is 4.98. The number of benzene rings is 2. The number of aromatic nitrogens is 3. The largest absolute Gasteiger partial charge is 0.497 e. The van der Waals surface area contributed by atoms with E-state index < -0.39 is 6.10 Å². The van der Waals surface area contributed by atoms with Crippen LogP contribution < -0.4 is 4.74 Å². The van der Waals surface area contributed by atoms with Gasteiger partial charge >= 0.3 is 0 Å². The van der Waals surface area contributed by atoms with E-state index in [0.717, 1.165) is 22.6 Å². The lowest BCUT2D eigenvalue weighted by Gasteiger charge is -2.11. The van der Waals surface area contributed by atoms with Gasteiger partial charge in [-0.05, 0) is 17.7 Å². The van der Waals surface area contributed by atoms with Crippen LogP contribution in [0.3, 0.4) is 0 Å². The number of rotatable bonds is 5. The third kappa shape index (κ3) is 3.15. The number of hydrogen-bond donors (Lipinski definition) is 1. The van der Waals surface area contributed by atoms with Gasteiger partial charge in [-0.25, -0.2) is 4.68 Å². The van der Waals surface area contributed by atoms with E-state index in [2.05, 4.69) is 10.3 Å². The van der Waals surface area contributed by atoms with E-state index in [1.807, 2.05) is 60.8 Å². The molecule has 0 bridgehead atoms. The summed E-state index contributed by atoms with van der Waals surface area (Å²) in [7, 11) is 1.62. The first-order valence-electron chi connectivity index (χ1n) is 7.04. The zero-order valence-electron chi connectivity index (χ0n) is 12.3. The highest BCUT2D eigenvalue weighted by atomic mass is 16.5. The molecule has 0 aliphatic rings. The van der Waals surface area contributed by atoms with Crippen LogP contribution in [0.25, 0.3) is 11.3 Å². The van der Waals surface area contributed by atoms with Gasteiger partial charge < -0.3 is 9.84 Å². The van der Waals surface area contributed by atoms with Crippen LogP contribution in [-0.4, -0.2) is 27.2 Å². The van der Waals surface area contributed by atoms with Gasteiger partial charge in [0.2, 0.25) is 0 Å². The fourth-order valence-corrected chi connectivity index (χ4v) is 2.24. The van der Waals surface area contributed by atoms with Gasteiger partial charge in [0.05, 0.1) is 26.0 Å². The number of aliphatic hydroxyl groups excluding tert-OH is 1. The van der Waals surface area contributed by atoms with E-state index in [4.69, 9.17) is 4.74 Å². The maximum Gasteiger partial charge on any atom is 0.118 e. The van der Waals surface area contributed by atoms with E-state index >= 15 is 0 Å². The third-order valence-electron chi connectivity index (χ3n) is 3.47. The highest BCUT2D eigenvalue weighted by Crippen LogP contribution is 2.20. The molecule has 0 saturated carbocycles. The monoisotopic (exact) mass is 295 g/mol. The van der Waals surface area contributed by atoms with Crippen molar-refractivity contribution in [2.75, 3.05) is 7.11 Å². The van der Waals surface area contributed by atoms with Crippen molar-refractivity contribution >= 4 is 0 Å². The molecule has 0 saturated heterocycles. The fourth-order valence-electron chi connectivity index (χ4n) is 2.24. The molecule has 1 N–H and O–H groups in total. The van der Waals surface area contributed by atoms with Crippen molar-refractivity contribution in [3.8, 4) is 17.0 Å². The maximum absolute atomic E-state index is 10.3. The highest BCUT2D eigenvalue weighted by Gasteiger charge is 2.11. The Bertz CT molecular complexity index is 723. The molecule has 1 atom stereocenters. The summed E-state index contributed by atoms with van der Waals surface area (Å²) in [4.78, 5) is 0. The van der Waals surface area contributed by atoms with Crippen molar-refractivity contribution in [1.82, 2.24) is 15.0 Å². The first-order valence-corrected chi connectivity index (χ1v) is 7.04. The van der Waals surface area contributed by atoms with Gasteiger partial charge in [0.15, 0.2) is 0 Å². The minimum atomic E-state index is -0.642. The van der Waals surface area contributed by atoms with E-state index in [9.17, 15) is 5.11 Å². The Morgan fingerprint density at radius 1 is 1.09 bits per heavy atom. The normalized spacial score (nSPS) is 12.1. The van der Waals surface area contributed by atoms with Crippen molar-refractivity contribution in [3.63, 3.8) is 0 Å². The Morgan fingerprint density at radius 3 is 2.50 bits per heavy atom. The van der Waals surface area contributed by atoms with Gasteiger partial charge in [0.1, 0.15) is 11.4 Å². The van der Waals surface area contributed by atoms with Crippen LogP contribution in [0, 0.1) is 0 Å². The van der Waals surface area contributed by atoms with Crippen LogP contribution in [-0.2, 0) is 6.54 Å². The van der Waals surface area contributed by atoms with Crippen LogP contribution in [0.5, 0.6) is 5.75 Å². The lowest BCUT2D eigenvalue weighted by Crippen LogP contribution is -2.09. The molecule has 2 aromatic carbocycles. The molecule has 0 aliphatic heterocycles. The van der Waals surface area contributed by atoms with Gasteiger partial charge in [-0.3, -0.25) is 0 Å². The maximum atomic E-state index is 10.3. The summed E-state index contributed by atoms with van der Waals surface area (Å²) in [6.07, 6.45) is 1.19. The number of ether oxygens (including phenoxy) is 1. The van der Waals surface area contributed by atoms with Crippen molar-refractivity contribution < 1.29 is 9.84 Å². The lowest BCUT2D eigenvalue weighted by molar-refractivity contribution is 0.150. The second kappa shape index (κ2) is 6.41. The molecule has 1 unspecified atom stereocenters. The minimum Gasteiger partial charge on any atom is -0.497 e. The van der Waals surface area contributed by atoms with Crippen LogP contribution in [0.15, 0.2) is 60.8 Å². The summed E-state index contributed by atoms with van der Waals surface area (Å²) in [5.41, 5.74) is 2.62. The molecule has 0 radical (unpaired) electrons. The average Bonchev–Trinajstić information content (AvgIpc) is 3.04. The molecule has 112 valence electrons. The smallest absolute Gasteiger partial charge is 0.118 e. The summed E-state index contributed by atoms with van der Waals surface area (Å²) in [5.74, 6) is 0.767. The lowest BCUT2D eigenvalue weighted by atomic mass is 10.1. The standard InChI is InChI=1S/C17H17N3O2/c1-22-15-9-7-14(8-10-15)17(21)12-20-11-16(18-19-20)13-5-3-2-4-6-13/h2-11,17,21H,12H2,1H3. The van der Waals surface area contributed by atoms with Crippen molar-refractivity contribution in [2.24, 2.45) is 0 Å². The fraction of sp³-hybridized carbons (Fsp3) is 0.176. The number of hydrogen-bond acceptors (Lipinski definition) is 4. The molecule has 22 heavy (non-hydrogen) atoms. The zero-order chi connectivity index (χ0) is 15.4. The number of methoxy groups -OCH3 is 1. The topological polar surface area (TPSA) is 60.2 Å². The first kappa shape index (κ1) is 14.3. The van der Waals surface area contributed by atoms with Gasteiger partial charge in [0.25, 0.3) is 0 Å². The van der Waals surface area contributed by atoms with Crippen LogP contribution in [0.2, 0.25) is 0 Å². The predicted octanol–water partition coefficient (Wildman–Crippen LogP) is 2.69. The van der Waals surface area contributed by atoms with Gasteiger partial charge in [-0.1, -0.05) is 47.7 Å². The number of aliphatic hydroxyl groups is 1. The Labute approximate surface area is 128 Å². The molecule has 0 amide bonds. The molecular formula is C17H17N3O2. The van der Waals surface area contributed by atoms with Gasteiger partial charge in [0, 0.05) is 5.56 Å². The summed E-state index contributed by atoms with van der Waals surface area (Å²) in [6.45, 7) is 0.353. The van der Waals surface area contributed by atoms with E-state index in [-0.39, 0.29) is 0 Å². The van der Waals surface area contributed by atoms with Crippen LogP contribution in [0.1, 0.15) is 11.7 Å². The molecule has 3 rings (SSSR count). The number of nitrogens with zero attached hydrogens (tertiary/aromatic N) is 3. The third-order valence-corrected chi connectivity index (χ3v) is 3.47. The van der Waals surface area contributed by atoms with Gasteiger partial charge in [-0.15, -0.1) is 5.10 Å².